The SMILES string of the molecule is CC(C)(C)OC(=O)N(c1ccccc1)N1CCOCC1O. The first-order chi connectivity index (χ1) is 9.88. The van der Waals surface area contributed by atoms with Crippen molar-refractivity contribution in [1.82, 2.24) is 5.01 Å². The molecule has 1 aromatic rings. The number of aliphatic hydroxyl groups is 1. The van der Waals surface area contributed by atoms with Crippen molar-refractivity contribution in [2.75, 3.05) is 24.8 Å². The first kappa shape index (κ1) is 15.8. The molecule has 0 saturated carbocycles. The van der Waals surface area contributed by atoms with Crippen molar-refractivity contribution < 1.29 is 19.4 Å². The van der Waals surface area contributed by atoms with Crippen LogP contribution in [0.1, 0.15) is 20.8 Å². The highest BCUT2D eigenvalue weighted by atomic mass is 16.6. The Hall–Kier alpha value is -1.63. The largest absolute Gasteiger partial charge is 0.442 e. The highest BCUT2D eigenvalue weighted by molar-refractivity contribution is 5.86. The minimum atomic E-state index is -0.883. The third-order valence-corrected chi connectivity index (χ3v) is 2.90. The van der Waals surface area contributed by atoms with Crippen molar-refractivity contribution >= 4 is 11.8 Å². The molecule has 0 bridgehead atoms. The molecule has 1 aliphatic rings. The number of rotatable bonds is 2. The van der Waals surface area contributed by atoms with Crippen LogP contribution in [-0.4, -0.2) is 47.8 Å². The molecule has 0 radical (unpaired) electrons. The lowest BCUT2D eigenvalue weighted by molar-refractivity contribution is -0.110. The molecule has 116 valence electrons. The summed E-state index contributed by atoms with van der Waals surface area (Å²) in [4.78, 5) is 12.5. The van der Waals surface area contributed by atoms with Crippen LogP contribution in [-0.2, 0) is 9.47 Å². The predicted octanol–water partition coefficient (Wildman–Crippen LogP) is 1.99. The maximum absolute atomic E-state index is 12.5. The lowest BCUT2D eigenvalue weighted by atomic mass is 10.2. The topological polar surface area (TPSA) is 62.2 Å². The first-order valence-electron chi connectivity index (χ1n) is 6.99. The number of benzene rings is 1. The highest BCUT2D eigenvalue weighted by Crippen LogP contribution is 2.22. The number of hydrogen-bond acceptors (Lipinski definition) is 5. The van der Waals surface area contributed by atoms with Crippen LogP contribution in [0, 0.1) is 0 Å². The Bertz CT molecular complexity index is 472. The first-order valence-corrected chi connectivity index (χ1v) is 6.99. The highest BCUT2D eigenvalue weighted by Gasteiger charge is 2.33. The number of carbonyl (C=O) groups excluding carboxylic acids is 1. The Morgan fingerprint density at radius 3 is 2.62 bits per heavy atom. The molecule has 0 aliphatic carbocycles. The number of hydrazine groups is 1. The molecule has 1 fully saturated rings. The van der Waals surface area contributed by atoms with Crippen molar-refractivity contribution in [1.29, 1.82) is 0 Å². The molecule has 1 N–H and O–H groups in total. The summed E-state index contributed by atoms with van der Waals surface area (Å²) in [6, 6.07) is 9.13. The molecule has 1 unspecified atom stereocenters. The van der Waals surface area contributed by atoms with E-state index >= 15 is 0 Å². The van der Waals surface area contributed by atoms with Gasteiger partial charge in [0.2, 0.25) is 0 Å². The number of ether oxygens (including phenoxy) is 2. The Morgan fingerprint density at radius 2 is 2.05 bits per heavy atom. The monoisotopic (exact) mass is 294 g/mol. The van der Waals surface area contributed by atoms with E-state index in [0.29, 0.717) is 18.8 Å². The summed E-state index contributed by atoms with van der Waals surface area (Å²) in [7, 11) is 0. The summed E-state index contributed by atoms with van der Waals surface area (Å²) in [5.74, 6) is 0. The van der Waals surface area contributed by atoms with Crippen molar-refractivity contribution in [2.45, 2.75) is 32.6 Å². The van der Waals surface area contributed by atoms with Crippen molar-refractivity contribution in [3.8, 4) is 0 Å². The van der Waals surface area contributed by atoms with Gasteiger partial charge in [0.25, 0.3) is 0 Å². The van der Waals surface area contributed by atoms with Crippen LogP contribution in [0.15, 0.2) is 30.3 Å². The molecular formula is C15H22N2O4. The quantitative estimate of drug-likeness (QED) is 0.904. The van der Waals surface area contributed by atoms with Gasteiger partial charge < -0.3 is 14.6 Å². The van der Waals surface area contributed by atoms with Gasteiger partial charge in [0, 0.05) is 6.54 Å². The zero-order chi connectivity index (χ0) is 15.5. The van der Waals surface area contributed by atoms with E-state index in [-0.39, 0.29) is 6.61 Å². The van der Waals surface area contributed by atoms with Crippen LogP contribution in [0.25, 0.3) is 0 Å². The zero-order valence-electron chi connectivity index (χ0n) is 12.7. The lowest BCUT2D eigenvalue weighted by Gasteiger charge is -2.40. The van der Waals surface area contributed by atoms with E-state index < -0.39 is 17.9 Å². The number of amides is 1. The minimum absolute atomic E-state index is 0.159. The van der Waals surface area contributed by atoms with Crippen molar-refractivity contribution in [3.63, 3.8) is 0 Å². The molecule has 0 spiro atoms. The van der Waals surface area contributed by atoms with Crippen molar-refractivity contribution in [3.05, 3.63) is 30.3 Å². The Kier molecular flexibility index (Phi) is 4.82. The Morgan fingerprint density at radius 1 is 1.38 bits per heavy atom. The van der Waals surface area contributed by atoms with E-state index in [1.54, 1.807) is 17.1 Å². The van der Waals surface area contributed by atoms with E-state index in [9.17, 15) is 9.90 Å². The van der Waals surface area contributed by atoms with Gasteiger partial charge in [-0.15, -0.1) is 0 Å². The number of para-hydroxylation sites is 1. The maximum atomic E-state index is 12.5. The summed E-state index contributed by atoms with van der Waals surface area (Å²) in [6.07, 6.45) is -1.40. The van der Waals surface area contributed by atoms with Crippen LogP contribution in [0.2, 0.25) is 0 Å². The van der Waals surface area contributed by atoms with Crippen LogP contribution in [0.5, 0.6) is 0 Å². The molecule has 1 atom stereocenters. The molecule has 6 heteroatoms. The number of hydrogen-bond donors (Lipinski definition) is 1. The van der Waals surface area contributed by atoms with Gasteiger partial charge in [-0.2, -0.15) is 5.01 Å². The molecule has 1 saturated heterocycles. The van der Waals surface area contributed by atoms with Crippen LogP contribution < -0.4 is 5.01 Å². The standard InChI is InChI=1S/C15H22N2O4/c1-15(2,3)21-14(19)17(12-7-5-4-6-8-12)16-9-10-20-11-13(16)18/h4-8,13,18H,9-11H2,1-3H3. The fourth-order valence-corrected chi connectivity index (χ4v) is 2.05. The lowest BCUT2D eigenvalue weighted by Crippen LogP contribution is -2.58. The number of morpholine rings is 1. The van der Waals surface area contributed by atoms with Gasteiger partial charge in [0.05, 0.1) is 18.9 Å². The Labute approximate surface area is 124 Å². The number of carbonyl (C=O) groups is 1. The third-order valence-electron chi connectivity index (χ3n) is 2.90. The minimum Gasteiger partial charge on any atom is -0.442 e. The molecule has 1 aliphatic heterocycles. The molecule has 1 heterocycles. The van der Waals surface area contributed by atoms with E-state index in [2.05, 4.69) is 0 Å². The molecule has 1 amide bonds. The summed E-state index contributed by atoms with van der Waals surface area (Å²) >= 11 is 0. The van der Waals surface area contributed by atoms with E-state index in [1.807, 2.05) is 39.0 Å². The molecular weight excluding hydrogens is 272 g/mol. The summed E-state index contributed by atoms with van der Waals surface area (Å²) < 4.78 is 10.7. The van der Waals surface area contributed by atoms with Gasteiger partial charge in [-0.3, -0.25) is 0 Å². The van der Waals surface area contributed by atoms with Gasteiger partial charge in [-0.05, 0) is 32.9 Å². The number of nitrogens with zero attached hydrogens (tertiary/aromatic N) is 2. The molecule has 1 aromatic carbocycles. The van der Waals surface area contributed by atoms with Crippen LogP contribution in [0.3, 0.4) is 0 Å². The van der Waals surface area contributed by atoms with E-state index in [0.717, 1.165) is 0 Å². The van der Waals surface area contributed by atoms with Gasteiger partial charge in [0.1, 0.15) is 11.8 Å². The number of aliphatic hydroxyl groups excluding tert-OH is 1. The fourth-order valence-electron chi connectivity index (χ4n) is 2.05. The third kappa shape index (κ3) is 4.17. The predicted molar refractivity (Wildman–Crippen MR) is 78.7 cm³/mol. The second-order valence-corrected chi connectivity index (χ2v) is 5.85. The molecule has 6 nitrogen and oxygen atoms in total. The molecule has 2 rings (SSSR count). The average molecular weight is 294 g/mol. The van der Waals surface area contributed by atoms with Gasteiger partial charge in [-0.25, -0.2) is 9.80 Å². The van der Waals surface area contributed by atoms with Gasteiger partial charge in [-0.1, -0.05) is 18.2 Å². The smallest absolute Gasteiger partial charge is 0.429 e. The maximum Gasteiger partial charge on any atom is 0.429 e. The fraction of sp³-hybridized carbons (Fsp3) is 0.533. The van der Waals surface area contributed by atoms with Crippen LogP contribution in [0.4, 0.5) is 10.5 Å². The second kappa shape index (κ2) is 6.43. The van der Waals surface area contributed by atoms with E-state index in [4.69, 9.17) is 9.47 Å². The Balaban J connectivity index is 2.28. The van der Waals surface area contributed by atoms with E-state index in [1.165, 1.54) is 5.01 Å². The van der Waals surface area contributed by atoms with Crippen LogP contribution >= 0.6 is 0 Å². The zero-order valence-corrected chi connectivity index (χ0v) is 12.7. The second-order valence-electron chi connectivity index (χ2n) is 5.85. The van der Waals surface area contributed by atoms with Gasteiger partial charge >= 0.3 is 6.09 Å². The normalized spacial score (nSPS) is 20.1. The average Bonchev–Trinajstić information content (AvgIpc) is 2.40. The van der Waals surface area contributed by atoms with Crippen molar-refractivity contribution in [2.24, 2.45) is 0 Å². The summed E-state index contributed by atoms with van der Waals surface area (Å²) in [5.41, 5.74) is 0.0362. The van der Waals surface area contributed by atoms with Gasteiger partial charge in [0.15, 0.2) is 0 Å². The summed E-state index contributed by atoms with van der Waals surface area (Å²) in [6.45, 7) is 6.45. The summed E-state index contributed by atoms with van der Waals surface area (Å²) in [5, 5.41) is 13.0. The number of anilines is 1. The molecule has 0 aromatic heterocycles. The molecule has 21 heavy (non-hydrogen) atoms.